The lowest BCUT2D eigenvalue weighted by Gasteiger charge is -2.12. The molecule has 16 heavy (non-hydrogen) atoms. The van der Waals surface area contributed by atoms with Crippen LogP contribution in [0.4, 0.5) is 0 Å². The van der Waals surface area contributed by atoms with Gasteiger partial charge >= 0.3 is 0 Å². The first kappa shape index (κ1) is 13.0. The van der Waals surface area contributed by atoms with E-state index in [0.29, 0.717) is 18.6 Å². The summed E-state index contributed by atoms with van der Waals surface area (Å²) in [6.45, 7) is 0.297. The van der Waals surface area contributed by atoms with Gasteiger partial charge in [0.05, 0.1) is 12.7 Å². The van der Waals surface area contributed by atoms with Crippen LogP contribution in [0.1, 0.15) is 24.5 Å². The SMILES string of the molecule is OCCC[C@@H](O)c1cccc(OCCO)c1. The summed E-state index contributed by atoms with van der Waals surface area (Å²) >= 11 is 0. The van der Waals surface area contributed by atoms with Crippen molar-refractivity contribution in [2.24, 2.45) is 0 Å². The quantitative estimate of drug-likeness (QED) is 0.645. The maximum atomic E-state index is 9.79. The van der Waals surface area contributed by atoms with Crippen molar-refractivity contribution in [1.29, 1.82) is 0 Å². The third-order valence-corrected chi connectivity index (χ3v) is 2.24. The van der Waals surface area contributed by atoms with Gasteiger partial charge in [-0.15, -0.1) is 0 Å². The molecule has 0 heterocycles. The van der Waals surface area contributed by atoms with Crippen molar-refractivity contribution < 1.29 is 20.1 Å². The summed E-state index contributed by atoms with van der Waals surface area (Å²) in [6.07, 6.45) is 0.521. The van der Waals surface area contributed by atoms with Crippen LogP contribution in [0.2, 0.25) is 0 Å². The molecule has 0 radical (unpaired) electrons. The highest BCUT2D eigenvalue weighted by atomic mass is 16.5. The molecule has 0 amide bonds. The number of hydrogen-bond acceptors (Lipinski definition) is 4. The zero-order valence-corrected chi connectivity index (χ0v) is 9.17. The van der Waals surface area contributed by atoms with Gasteiger partial charge in [-0.1, -0.05) is 12.1 Å². The highest BCUT2D eigenvalue weighted by Gasteiger charge is 2.07. The molecule has 0 aliphatic heterocycles. The van der Waals surface area contributed by atoms with E-state index in [2.05, 4.69) is 0 Å². The molecule has 0 saturated heterocycles. The molecule has 0 unspecified atom stereocenters. The van der Waals surface area contributed by atoms with Gasteiger partial charge in [-0.3, -0.25) is 0 Å². The van der Waals surface area contributed by atoms with E-state index in [0.717, 1.165) is 5.56 Å². The van der Waals surface area contributed by atoms with Crippen LogP contribution in [0.3, 0.4) is 0 Å². The first-order chi connectivity index (χ1) is 7.77. The predicted molar refractivity (Wildman–Crippen MR) is 60.3 cm³/mol. The first-order valence-corrected chi connectivity index (χ1v) is 5.40. The van der Waals surface area contributed by atoms with Crippen molar-refractivity contribution in [3.63, 3.8) is 0 Å². The van der Waals surface area contributed by atoms with Gasteiger partial charge in [0, 0.05) is 6.61 Å². The minimum Gasteiger partial charge on any atom is -0.491 e. The summed E-state index contributed by atoms with van der Waals surface area (Å²) in [6, 6.07) is 7.13. The normalized spacial score (nSPS) is 12.4. The molecule has 1 atom stereocenters. The lowest BCUT2D eigenvalue weighted by atomic mass is 10.1. The summed E-state index contributed by atoms with van der Waals surface area (Å²) in [5, 5.41) is 27.1. The first-order valence-electron chi connectivity index (χ1n) is 5.40. The Balaban J connectivity index is 2.58. The second kappa shape index (κ2) is 7.22. The Hall–Kier alpha value is -1.10. The summed E-state index contributed by atoms with van der Waals surface area (Å²) in [5.41, 5.74) is 0.767. The van der Waals surface area contributed by atoms with Crippen molar-refractivity contribution in [1.82, 2.24) is 0 Å². The molecule has 1 rings (SSSR count). The number of hydrogen-bond donors (Lipinski definition) is 3. The Labute approximate surface area is 95.1 Å². The molecule has 3 N–H and O–H groups in total. The molecule has 0 aromatic heterocycles. The number of benzene rings is 1. The zero-order valence-electron chi connectivity index (χ0n) is 9.17. The number of aliphatic hydroxyl groups excluding tert-OH is 3. The third-order valence-electron chi connectivity index (χ3n) is 2.24. The second-order valence-corrected chi connectivity index (χ2v) is 3.53. The molecule has 90 valence electrons. The Morgan fingerprint density at radius 3 is 2.69 bits per heavy atom. The predicted octanol–water partition coefficient (Wildman–Crippen LogP) is 0.864. The van der Waals surface area contributed by atoms with Crippen molar-refractivity contribution in [3.8, 4) is 5.75 Å². The third kappa shape index (κ3) is 4.18. The smallest absolute Gasteiger partial charge is 0.119 e. The van der Waals surface area contributed by atoms with Crippen LogP contribution in [-0.2, 0) is 0 Å². The van der Waals surface area contributed by atoms with E-state index in [1.165, 1.54) is 0 Å². The van der Waals surface area contributed by atoms with Gasteiger partial charge in [-0.25, -0.2) is 0 Å². The van der Waals surface area contributed by atoms with E-state index >= 15 is 0 Å². The number of ether oxygens (including phenoxy) is 1. The lowest BCUT2D eigenvalue weighted by molar-refractivity contribution is 0.151. The van der Waals surface area contributed by atoms with Crippen molar-refractivity contribution in [3.05, 3.63) is 29.8 Å². The molecule has 0 fully saturated rings. The maximum absolute atomic E-state index is 9.79. The average Bonchev–Trinajstić information content (AvgIpc) is 2.33. The van der Waals surface area contributed by atoms with Crippen LogP contribution in [-0.4, -0.2) is 35.1 Å². The average molecular weight is 226 g/mol. The molecule has 0 bridgehead atoms. The molecule has 1 aromatic rings. The molecule has 4 heteroatoms. The number of aliphatic hydroxyl groups is 3. The topological polar surface area (TPSA) is 69.9 Å². The fourth-order valence-corrected chi connectivity index (χ4v) is 1.43. The molecule has 4 nitrogen and oxygen atoms in total. The van der Waals surface area contributed by atoms with Gasteiger partial charge in [-0.2, -0.15) is 0 Å². The van der Waals surface area contributed by atoms with Gasteiger partial charge < -0.3 is 20.1 Å². The van der Waals surface area contributed by atoms with Crippen molar-refractivity contribution >= 4 is 0 Å². The summed E-state index contributed by atoms with van der Waals surface area (Å²) in [5.74, 6) is 0.634. The largest absolute Gasteiger partial charge is 0.491 e. The zero-order chi connectivity index (χ0) is 11.8. The Morgan fingerprint density at radius 2 is 2.00 bits per heavy atom. The fraction of sp³-hybridized carbons (Fsp3) is 0.500. The van der Waals surface area contributed by atoms with Crippen molar-refractivity contribution in [2.45, 2.75) is 18.9 Å². The summed E-state index contributed by atoms with van der Waals surface area (Å²) < 4.78 is 5.24. The minimum atomic E-state index is -0.579. The van der Waals surface area contributed by atoms with E-state index in [1.54, 1.807) is 18.2 Å². The van der Waals surface area contributed by atoms with Crippen LogP contribution in [0, 0.1) is 0 Å². The van der Waals surface area contributed by atoms with Crippen molar-refractivity contribution in [2.75, 3.05) is 19.8 Å². The molecule has 0 saturated carbocycles. The molecular formula is C12H18O4. The van der Waals surface area contributed by atoms with Gasteiger partial charge in [0.2, 0.25) is 0 Å². The van der Waals surface area contributed by atoms with E-state index in [9.17, 15) is 5.11 Å². The second-order valence-electron chi connectivity index (χ2n) is 3.53. The van der Waals surface area contributed by atoms with Crippen LogP contribution >= 0.6 is 0 Å². The van der Waals surface area contributed by atoms with E-state index < -0.39 is 6.10 Å². The fourth-order valence-electron chi connectivity index (χ4n) is 1.43. The molecule has 1 aromatic carbocycles. The van der Waals surface area contributed by atoms with E-state index in [-0.39, 0.29) is 19.8 Å². The Morgan fingerprint density at radius 1 is 1.19 bits per heavy atom. The highest BCUT2D eigenvalue weighted by molar-refractivity contribution is 5.29. The summed E-state index contributed by atoms with van der Waals surface area (Å²) in [7, 11) is 0. The molecule has 0 aliphatic carbocycles. The van der Waals surface area contributed by atoms with Crippen LogP contribution < -0.4 is 4.74 Å². The summed E-state index contributed by atoms with van der Waals surface area (Å²) in [4.78, 5) is 0. The standard InChI is InChI=1S/C12H18O4/c13-6-2-5-12(15)10-3-1-4-11(9-10)16-8-7-14/h1,3-4,9,12-15H,2,5-8H2/t12-/m1/s1. The lowest BCUT2D eigenvalue weighted by Crippen LogP contribution is -2.03. The molecule has 0 aliphatic rings. The molecule has 0 spiro atoms. The van der Waals surface area contributed by atoms with Crippen LogP contribution in [0.25, 0.3) is 0 Å². The van der Waals surface area contributed by atoms with Gasteiger partial charge in [0.25, 0.3) is 0 Å². The number of rotatable bonds is 7. The van der Waals surface area contributed by atoms with Gasteiger partial charge in [0.1, 0.15) is 12.4 Å². The molecular weight excluding hydrogens is 208 g/mol. The highest BCUT2D eigenvalue weighted by Crippen LogP contribution is 2.22. The van der Waals surface area contributed by atoms with E-state index in [4.69, 9.17) is 14.9 Å². The minimum absolute atomic E-state index is 0.0305. The van der Waals surface area contributed by atoms with Crippen LogP contribution in [0.5, 0.6) is 5.75 Å². The van der Waals surface area contributed by atoms with E-state index in [1.807, 2.05) is 6.07 Å². The van der Waals surface area contributed by atoms with Gasteiger partial charge in [-0.05, 0) is 30.5 Å². The Bertz CT molecular complexity index is 301. The monoisotopic (exact) mass is 226 g/mol. The maximum Gasteiger partial charge on any atom is 0.119 e. The van der Waals surface area contributed by atoms with Crippen LogP contribution in [0.15, 0.2) is 24.3 Å². The Kier molecular flexibility index (Phi) is 5.85. The van der Waals surface area contributed by atoms with Gasteiger partial charge in [0.15, 0.2) is 0 Å².